The molecule has 0 amide bonds. The molecule has 0 rings (SSSR count). The van der Waals surface area contributed by atoms with Crippen LogP contribution < -0.4 is 5.73 Å². The van der Waals surface area contributed by atoms with E-state index >= 15 is 0 Å². The van der Waals surface area contributed by atoms with Crippen molar-refractivity contribution in [3.8, 4) is 0 Å². The summed E-state index contributed by atoms with van der Waals surface area (Å²) in [4.78, 5) is 22.5. The molecule has 54 heavy (non-hydrogen) atoms. The summed E-state index contributed by atoms with van der Waals surface area (Å²) in [6.45, 7) is 4.26. The molecule has 0 aliphatic carbocycles. The number of hydrogen-bond acceptors (Lipinski definition) is 7. The lowest BCUT2D eigenvalue weighted by Gasteiger charge is -2.19. The first-order valence-corrected chi connectivity index (χ1v) is 24.4. The van der Waals surface area contributed by atoms with Gasteiger partial charge in [-0.25, -0.2) is 4.57 Å². The maximum absolute atomic E-state index is 12.6. The highest BCUT2D eigenvalue weighted by Gasteiger charge is 2.25. The summed E-state index contributed by atoms with van der Waals surface area (Å²) in [5.74, 6) is -0.351. The van der Waals surface area contributed by atoms with Crippen LogP contribution in [0.15, 0.2) is 24.5 Å². The number of phosphoric ester groups is 1. The number of rotatable bonds is 44. The van der Waals surface area contributed by atoms with Gasteiger partial charge in [0.05, 0.1) is 19.5 Å². The van der Waals surface area contributed by atoms with Crippen molar-refractivity contribution in [2.75, 3.05) is 26.4 Å². The minimum atomic E-state index is -4.29. The Labute approximate surface area is 334 Å². The first kappa shape index (κ1) is 52.8. The Morgan fingerprint density at radius 2 is 0.944 bits per heavy atom. The zero-order valence-electron chi connectivity index (χ0n) is 35.5. The lowest BCUT2D eigenvalue weighted by molar-refractivity contribution is -0.153. The number of carbonyl (C=O) groups is 1. The van der Waals surface area contributed by atoms with Gasteiger partial charge in [-0.3, -0.25) is 13.8 Å². The van der Waals surface area contributed by atoms with E-state index in [-0.39, 0.29) is 32.3 Å². The van der Waals surface area contributed by atoms with Gasteiger partial charge in [-0.15, -0.1) is 0 Å². The van der Waals surface area contributed by atoms with Crippen LogP contribution in [-0.4, -0.2) is 43.3 Å². The van der Waals surface area contributed by atoms with Gasteiger partial charge in [-0.2, -0.15) is 0 Å². The van der Waals surface area contributed by atoms with Crippen LogP contribution in [0.5, 0.6) is 0 Å². The second kappa shape index (κ2) is 43.0. The molecule has 320 valence electrons. The first-order valence-electron chi connectivity index (χ1n) is 22.9. The average Bonchev–Trinajstić information content (AvgIpc) is 3.16. The van der Waals surface area contributed by atoms with E-state index in [4.69, 9.17) is 24.3 Å². The molecule has 0 spiro atoms. The fourth-order valence-corrected chi connectivity index (χ4v) is 7.31. The number of carbonyl (C=O) groups excluding carboxylic acids is 1. The minimum absolute atomic E-state index is 0.0311. The number of ether oxygens (including phenoxy) is 2. The zero-order chi connectivity index (χ0) is 39.5. The van der Waals surface area contributed by atoms with Crippen molar-refractivity contribution >= 4 is 13.8 Å². The number of allylic oxidation sites excluding steroid dienone is 3. The molecule has 0 heterocycles. The SMILES string of the molecule is CCCCCCCCC=CCCCCCCC=COCC(COP(=O)(O)OCCN)OC(=O)CCCCCCCCCCCCCCCCCCCCC. The molecule has 9 heteroatoms. The van der Waals surface area contributed by atoms with Crippen LogP contribution in [0.3, 0.4) is 0 Å². The summed E-state index contributed by atoms with van der Waals surface area (Å²) in [7, 11) is -4.29. The number of nitrogens with two attached hydrogens (primary N) is 1. The lowest BCUT2D eigenvalue weighted by atomic mass is 10.0. The summed E-state index contributed by atoms with van der Waals surface area (Å²) < 4.78 is 33.2. The van der Waals surface area contributed by atoms with Gasteiger partial charge in [0.15, 0.2) is 6.10 Å². The Morgan fingerprint density at radius 3 is 1.37 bits per heavy atom. The molecule has 0 aliphatic heterocycles. The molecule has 0 radical (unpaired) electrons. The van der Waals surface area contributed by atoms with E-state index in [1.165, 1.54) is 167 Å². The normalized spacial score (nSPS) is 13.6. The van der Waals surface area contributed by atoms with Gasteiger partial charge in [0.1, 0.15) is 6.61 Å². The average molecular weight is 786 g/mol. The van der Waals surface area contributed by atoms with Gasteiger partial charge in [0, 0.05) is 13.0 Å². The number of esters is 1. The Hall–Kier alpha value is -1.18. The number of hydrogen-bond donors (Lipinski definition) is 2. The van der Waals surface area contributed by atoms with Gasteiger partial charge in [-0.05, 0) is 51.0 Å². The van der Waals surface area contributed by atoms with E-state index in [1.54, 1.807) is 6.26 Å². The molecule has 0 fully saturated rings. The third-order valence-electron chi connectivity index (χ3n) is 9.94. The molecule has 2 unspecified atom stereocenters. The predicted molar refractivity (Wildman–Crippen MR) is 229 cm³/mol. The number of phosphoric acid groups is 1. The highest BCUT2D eigenvalue weighted by atomic mass is 31.2. The van der Waals surface area contributed by atoms with Crippen LogP contribution in [-0.2, 0) is 27.9 Å². The molecule has 3 N–H and O–H groups in total. The Balaban J connectivity index is 4.03. The summed E-state index contributed by atoms with van der Waals surface area (Å²) in [6.07, 6.45) is 48.6. The molecule has 0 aromatic heterocycles. The fourth-order valence-electron chi connectivity index (χ4n) is 6.55. The van der Waals surface area contributed by atoms with Crippen LogP contribution >= 0.6 is 7.82 Å². The topological polar surface area (TPSA) is 117 Å². The van der Waals surface area contributed by atoms with E-state index in [9.17, 15) is 14.3 Å². The smallest absolute Gasteiger partial charge is 0.472 e. The van der Waals surface area contributed by atoms with Crippen LogP contribution in [0.2, 0.25) is 0 Å². The van der Waals surface area contributed by atoms with Crippen LogP contribution in [0.4, 0.5) is 0 Å². The maximum atomic E-state index is 12.6. The van der Waals surface area contributed by atoms with Gasteiger partial charge < -0.3 is 20.1 Å². The highest BCUT2D eigenvalue weighted by molar-refractivity contribution is 7.47. The van der Waals surface area contributed by atoms with Gasteiger partial charge in [0.2, 0.25) is 0 Å². The minimum Gasteiger partial charge on any atom is -0.498 e. The molecule has 0 saturated heterocycles. The Morgan fingerprint density at radius 1 is 0.556 bits per heavy atom. The van der Waals surface area contributed by atoms with Gasteiger partial charge >= 0.3 is 13.8 Å². The Bertz CT molecular complexity index is 884. The van der Waals surface area contributed by atoms with E-state index < -0.39 is 13.9 Å². The third kappa shape index (κ3) is 42.0. The second-order valence-corrected chi connectivity index (χ2v) is 16.8. The second-order valence-electron chi connectivity index (χ2n) is 15.3. The molecule has 0 aliphatic rings. The molecule has 0 saturated carbocycles. The zero-order valence-corrected chi connectivity index (χ0v) is 36.4. The van der Waals surface area contributed by atoms with E-state index in [0.717, 1.165) is 38.5 Å². The monoisotopic (exact) mass is 786 g/mol. The molecule has 2 atom stereocenters. The number of unbranched alkanes of at least 4 members (excludes halogenated alkanes) is 29. The largest absolute Gasteiger partial charge is 0.498 e. The van der Waals surface area contributed by atoms with Crippen molar-refractivity contribution in [2.45, 2.75) is 232 Å². The summed E-state index contributed by atoms with van der Waals surface area (Å²) in [5, 5.41) is 0. The fraction of sp³-hybridized carbons (Fsp3) is 0.889. The van der Waals surface area contributed by atoms with Gasteiger partial charge in [0.25, 0.3) is 0 Å². The quantitative estimate of drug-likeness (QED) is 0.0206. The van der Waals surface area contributed by atoms with E-state index in [0.29, 0.717) is 6.42 Å². The van der Waals surface area contributed by atoms with E-state index in [1.807, 2.05) is 6.08 Å². The first-order chi connectivity index (χ1) is 26.4. The van der Waals surface area contributed by atoms with E-state index in [2.05, 4.69) is 26.0 Å². The lowest BCUT2D eigenvalue weighted by Crippen LogP contribution is -2.27. The highest BCUT2D eigenvalue weighted by Crippen LogP contribution is 2.43. The van der Waals surface area contributed by atoms with Crippen molar-refractivity contribution < 1.29 is 32.8 Å². The summed E-state index contributed by atoms with van der Waals surface area (Å²) in [5.41, 5.74) is 5.37. The third-order valence-corrected chi connectivity index (χ3v) is 10.9. The molecule has 0 bridgehead atoms. The molecular formula is C45H88NO7P. The van der Waals surface area contributed by atoms with Crippen LogP contribution in [0, 0.1) is 0 Å². The Kier molecular flexibility index (Phi) is 42.0. The van der Waals surface area contributed by atoms with Gasteiger partial charge in [-0.1, -0.05) is 187 Å². The predicted octanol–water partition coefficient (Wildman–Crippen LogP) is 14.0. The maximum Gasteiger partial charge on any atom is 0.472 e. The summed E-state index contributed by atoms with van der Waals surface area (Å²) in [6, 6.07) is 0. The van der Waals surface area contributed by atoms with Crippen molar-refractivity contribution in [2.24, 2.45) is 5.73 Å². The standard InChI is InChI=1S/C45H88NO7P/c1-3-5-7-9-11-13-15-17-19-21-22-23-24-26-28-30-32-34-36-38-45(47)53-44(43-52-54(48,49)51-41-39-46)42-50-40-37-35-33-31-29-27-25-20-18-16-14-12-10-8-6-4-2/h18,20,37,40,44H,3-17,19,21-36,38-39,41-43,46H2,1-2H3,(H,48,49). The summed E-state index contributed by atoms with van der Waals surface area (Å²) >= 11 is 0. The van der Waals surface area contributed by atoms with Crippen LogP contribution in [0.25, 0.3) is 0 Å². The molecular weight excluding hydrogens is 697 g/mol. The van der Waals surface area contributed by atoms with Crippen molar-refractivity contribution in [3.05, 3.63) is 24.5 Å². The van der Waals surface area contributed by atoms with Crippen molar-refractivity contribution in [1.82, 2.24) is 0 Å². The molecule has 8 nitrogen and oxygen atoms in total. The molecule has 0 aromatic rings. The molecule has 0 aromatic carbocycles. The van der Waals surface area contributed by atoms with Crippen molar-refractivity contribution in [1.29, 1.82) is 0 Å². The van der Waals surface area contributed by atoms with Crippen molar-refractivity contribution in [3.63, 3.8) is 0 Å². The van der Waals surface area contributed by atoms with Crippen LogP contribution in [0.1, 0.15) is 226 Å².